The molecule has 0 saturated carbocycles. The van der Waals surface area contributed by atoms with Crippen LogP contribution < -0.4 is 17.0 Å². The fourth-order valence-corrected chi connectivity index (χ4v) is 1.85. The summed E-state index contributed by atoms with van der Waals surface area (Å²) in [5, 5.41) is 18.5. The molecule has 0 aromatic carbocycles. The van der Waals surface area contributed by atoms with Crippen molar-refractivity contribution in [1.82, 2.24) is 9.55 Å². The molecule has 3 atom stereocenters. The number of aromatic nitrogens is 2. The molecule has 2 heterocycles. The first kappa shape index (κ1) is 12.0. The van der Waals surface area contributed by atoms with Gasteiger partial charge in [0.2, 0.25) is 5.85 Å². The molecule has 0 radical (unpaired) electrons. The maximum absolute atomic E-state index is 11.5. The van der Waals surface area contributed by atoms with Gasteiger partial charge in [0.05, 0.1) is 12.7 Å². The number of aliphatic hydroxyl groups is 2. The van der Waals surface area contributed by atoms with Crippen LogP contribution in [0.15, 0.2) is 21.9 Å². The Morgan fingerprint density at radius 3 is 2.88 bits per heavy atom. The van der Waals surface area contributed by atoms with Crippen LogP contribution >= 0.6 is 0 Å². The zero-order chi connectivity index (χ0) is 12.6. The smallest absolute Gasteiger partial charge is 0.331 e. The Labute approximate surface area is 95.3 Å². The van der Waals surface area contributed by atoms with Gasteiger partial charge in [0.1, 0.15) is 6.10 Å². The van der Waals surface area contributed by atoms with E-state index in [0.29, 0.717) is 0 Å². The van der Waals surface area contributed by atoms with Gasteiger partial charge in [-0.2, -0.15) is 0 Å². The second-order valence-corrected chi connectivity index (χ2v) is 3.94. The molecule has 2 rings (SSSR count). The maximum Gasteiger partial charge on any atom is 0.331 e. The number of ether oxygens (including phenoxy) is 1. The number of nitrogens with two attached hydrogens (primary N) is 1. The minimum atomic E-state index is -1.56. The summed E-state index contributed by atoms with van der Waals surface area (Å²) in [6, 6.07) is 1.12. The third-order valence-electron chi connectivity index (χ3n) is 2.70. The second kappa shape index (κ2) is 4.08. The lowest BCUT2D eigenvalue weighted by Crippen LogP contribution is -2.50. The van der Waals surface area contributed by atoms with Crippen molar-refractivity contribution in [3.8, 4) is 0 Å². The number of H-pyrrole nitrogens is 1. The van der Waals surface area contributed by atoms with E-state index >= 15 is 0 Å². The molecular formula is C9H13N3O5. The van der Waals surface area contributed by atoms with E-state index in [1.54, 1.807) is 0 Å². The number of hydrogen-bond donors (Lipinski definition) is 4. The van der Waals surface area contributed by atoms with Gasteiger partial charge in [-0.05, 0) is 0 Å². The lowest BCUT2D eigenvalue weighted by atomic mass is 10.1. The highest BCUT2D eigenvalue weighted by Crippen LogP contribution is 2.28. The van der Waals surface area contributed by atoms with Gasteiger partial charge in [-0.3, -0.25) is 20.1 Å². The first-order chi connectivity index (χ1) is 7.96. The molecule has 17 heavy (non-hydrogen) atoms. The average Bonchev–Trinajstić information content (AvgIpc) is 2.54. The number of rotatable bonds is 2. The van der Waals surface area contributed by atoms with Gasteiger partial charge in [0, 0.05) is 18.7 Å². The molecule has 0 unspecified atom stereocenters. The molecule has 1 aliphatic heterocycles. The minimum absolute atomic E-state index is 0.0514. The fraction of sp³-hybridized carbons (Fsp3) is 0.556. The lowest BCUT2D eigenvalue weighted by Gasteiger charge is -2.25. The topological polar surface area (TPSA) is 131 Å². The molecule has 94 valence electrons. The van der Waals surface area contributed by atoms with Crippen molar-refractivity contribution in [2.24, 2.45) is 5.73 Å². The molecule has 8 nitrogen and oxygen atoms in total. The van der Waals surface area contributed by atoms with Gasteiger partial charge in [-0.25, -0.2) is 4.79 Å². The first-order valence-corrected chi connectivity index (χ1v) is 5.04. The summed E-state index contributed by atoms with van der Waals surface area (Å²) < 4.78 is 6.22. The molecule has 0 spiro atoms. The SMILES string of the molecule is N[C@]1(n2ccc(=O)[nH]c2=O)C[C@H](O)[C@@H](CO)O1. The van der Waals surface area contributed by atoms with Gasteiger partial charge >= 0.3 is 5.69 Å². The van der Waals surface area contributed by atoms with Crippen LogP contribution in [0, 0.1) is 0 Å². The monoisotopic (exact) mass is 243 g/mol. The maximum atomic E-state index is 11.5. The third-order valence-corrected chi connectivity index (χ3v) is 2.70. The van der Waals surface area contributed by atoms with Gasteiger partial charge < -0.3 is 14.9 Å². The van der Waals surface area contributed by atoms with E-state index in [-0.39, 0.29) is 6.42 Å². The molecule has 0 aliphatic carbocycles. The fourth-order valence-electron chi connectivity index (χ4n) is 1.85. The van der Waals surface area contributed by atoms with Gasteiger partial charge in [-0.1, -0.05) is 0 Å². The first-order valence-electron chi connectivity index (χ1n) is 5.04. The number of aliphatic hydroxyl groups excluding tert-OH is 2. The van der Waals surface area contributed by atoms with E-state index in [1.165, 1.54) is 6.20 Å². The van der Waals surface area contributed by atoms with E-state index in [9.17, 15) is 14.7 Å². The molecule has 1 aromatic heterocycles. The van der Waals surface area contributed by atoms with E-state index in [1.807, 2.05) is 4.98 Å². The number of aromatic amines is 1. The normalized spacial score (nSPS) is 32.9. The van der Waals surface area contributed by atoms with E-state index in [2.05, 4.69) is 0 Å². The van der Waals surface area contributed by atoms with Crippen LogP contribution in [0.25, 0.3) is 0 Å². The van der Waals surface area contributed by atoms with Crippen molar-refractivity contribution in [1.29, 1.82) is 0 Å². The third kappa shape index (κ3) is 2.03. The van der Waals surface area contributed by atoms with Crippen molar-refractivity contribution in [2.45, 2.75) is 24.5 Å². The predicted molar refractivity (Wildman–Crippen MR) is 56.1 cm³/mol. The Bertz CT molecular complexity index is 524. The molecular weight excluding hydrogens is 230 g/mol. The molecule has 5 N–H and O–H groups in total. The van der Waals surface area contributed by atoms with Crippen LogP contribution in [0.2, 0.25) is 0 Å². The van der Waals surface area contributed by atoms with Crippen LogP contribution in [0.3, 0.4) is 0 Å². The molecule has 1 saturated heterocycles. The molecule has 1 aromatic rings. The van der Waals surface area contributed by atoms with Gasteiger partial charge in [0.15, 0.2) is 0 Å². The standard InChI is InChI=1S/C9H13N3O5/c10-9(3-5(14)6(4-13)17-9)12-2-1-7(15)11-8(12)16/h1-2,5-6,13-14H,3-4,10H2,(H,11,15,16)/t5-,6+,9-/m0/s1. The number of hydrogen-bond acceptors (Lipinski definition) is 6. The summed E-state index contributed by atoms with van der Waals surface area (Å²) in [4.78, 5) is 24.5. The summed E-state index contributed by atoms with van der Waals surface area (Å²) in [6.45, 7) is -0.405. The highest BCUT2D eigenvalue weighted by Gasteiger charge is 2.45. The van der Waals surface area contributed by atoms with Gasteiger partial charge in [0.25, 0.3) is 5.56 Å². The molecule has 1 aliphatic rings. The van der Waals surface area contributed by atoms with Crippen molar-refractivity contribution in [3.05, 3.63) is 33.1 Å². The minimum Gasteiger partial charge on any atom is -0.394 e. The average molecular weight is 243 g/mol. The van der Waals surface area contributed by atoms with E-state index in [0.717, 1.165) is 10.6 Å². The Kier molecular flexibility index (Phi) is 2.87. The van der Waals surface area contributed by atoms with Crippen LogP contribution in [-0.4, -0.2) is 38.6 Å². The second-order valence-electron chi connectivity index (χ2n) is 3.94. The highest BCUT2D eigenvalue weighted by molar-refractivity contribution is 4.93. The lowest BCUT2D eigenvalue weighted by molar-refractivity contribution is -0.115. The molecule has 1 fully saturated rings. The summed E-state index contributed by atoms with van der Waals surface area (Å²) in [7, 11) is 0. The number of nitrogens with zero attached hydrogens (tertiary/aromatic N) is 1. The Hall–Kier alpha value is -1.48. The van der Waals surface area contributed by atoms with E-state index < -0.39 is 35.9 Å². The van der Waals surface area contributed by atoms with Crippen LogP contribution in [0.1, 0.15) is 6.42 Å². The van der Waals surface area contributed by atoms with Crippen LogP contribution in [-0.2, 0) is 10.6 Å². The zero-order valence-electron chi connectivity index (χ0n) is 8.87. The van der Waals surface area contributed by atoms with Crippen LogP contribution in [0.4, 0.5) is 0 Å². The summed E-state index contributed by atoms with van der Waals surface area (Å²) in [5.41, 5.74) is 4.56. The highest BCUT2D eigenvalue weighted by atomic mass is 16.6. The summed E-state index contributed by atoms with van der Waals surface area (Å²) in [6.07, 6.45) is -0.680. The van der Waals surface area contributed by atoms with Crippen molar-refractivity contribution in [3.63, 3.8) is 0 Å². The summed E-state index contributed by atoms with van der Waals surface area (Å²) in [5.74, 6) is -1.56. The quantitative estimate of drug-likeness (QED) is 0.445. The van der Waals surface area contributed by atoms with E-state index in [4.69, 9.17) is 15.6 Å². The van der Waals surface area contributed by atoms with Crippen molar-refractivity contribution in [2.75, 3.05) is 6.61 Å². The van der Waals surface area contributed by atoms with Crippen molar-refractivity contribution < 1.29 is 14.9 Å². The summed E-state index contributed by atoms with van der Waals surface area (Å²) >= 11 is 0. The Morgan fingerprint density at radius 2 is 2.35 bits per heavy atom. The zero-order valence-corrected chi connectivity index (χ0v) is 8.87. The predicted octanol–water partition coefficient (Wildman–Crippen LogP) is -2.75. The molecule has 8 heteroatoms. The molecule has 0 bridgehead atoms. The number of nitrogens with one attached hydrogen (secondary N) is 1. The van der Waals surface area contributed by atoms with Crippen LogP contribution in [0.5, 0.6) is 0 Å². The van der Waals surface area contributed by atoms with Gasteiger partial charge in [-0.15, -0.1) is 0 Å². The van der Waals surface area contributed by atoms with Crippen molar-refractivity contribution >= 4 is 0 Å². The Morgan fingerprint density at radius 1 is 1.65 bits per heavy atom. The Balaban J connectivity index is 2.40. The largest absolute Gasteiger partial charge is 0.394 e. The molecule has 0 amide bonds.